The van der Waals surface area contributed by atoms with Crippen molar-refractivity contribution < 1.29 is 24.1 Å². The highest BCUT2D eigenvalue weighted by Crippen LogP contribution is 2.61. The van der Waals surface area contributed by atoms with E-state index in [1.54, 1.807) is 14.2 Å². The fourth-order valence-electron chi connectivity index (χ4n) is 6.03. The quantitative estimate of drug-likeness (QED) is 0.628. The topological polar surface area (TPSA) is 65.0 Å². The van der Waals surface area contributed by atoms with Crippen LogP contribution in [0.25, 0.3) is 6.08 Å². The first-order valence-corrected chi connectivity index (χ1v) is 11.9. The molecule has 174 valence electrons. The lowest BCUT2D eigenvalue weighted by molar-refractivity contribution is -0.323. The van der Waals surface area contributed by atoms with Crippen LogP contribution >= 0.6 is 0 Å². The number of benzene rings is 2. The monoisotopic (exact) mass is 448 g/mol. The van der Waals surface area contributed by atoms with Gasteiger partial charge in [0.05, 0.1) is 25.7 Å². The molecule has 0 amide bonds. The Morgan fingerprint density at radius 3 is 2.30 bits per heavy atom. The van der Waals surface area contributed by atoms with Crippen molar-refractivity contribution in [1.82, 2.24) is 0 Å². The molecule has 2 aromatic carbocycles. The molecule has 1 spiro atoms. The smallest absolute Gasteiger partial charge is 0.169 e. The Labute approximate surface area is 195 Å². The minimum Gasteiger partial charge on any atom is -0.497 e. The molecule has 2 aliphatic carbocycles. The van der Waals surface area contributed by atoms with E-state index in [2.05, 4.69) is 0 Å². The van der Waals surface area contributed by atoms with Crippen LogP contribution in [0.3, 0.4) is 0 Å². The average Bonchev–Trinajstić information content (AvgIpc) is 3.15. The molecular weight excluding hydrogens is 416 g/mol. The number of carbonyl (C=O) groups is 1. The molecule has 0 aromatic heterocycles. The van der Waals surface area contributed by atoms with E-state index >= 15 is 0 Å². The third-order valence-corrected chi connectivity index (χ3v) is 7.87. The number of ketones is 1. The molecule has 0 bridgehead atoms. The van der Waals surface area contributed by atoms with Gasteiger partial charge in [-0.15, -0.1) is 0 Å². The first-order valence-electron chi connectivity index (χ1n) is 11.9. The molecule has 1 saturated heterocycles. The molecule has 5 heteroatoms. The van der Waals surface area contributed by atoms with Crippen LogP contribution in [0.4, 0.5) is 0 Å². The van der Waals surface area contributed by atoms with Gasteiger partial charge < -0.3 is 19.3 Å². The van der Waals surface area contributed by atoms with Crippen LogP contribution in [0.1, 0.15) is 62.2 Å². The van der Waals surface area contributed by atoms with Crippen LogP contribution in [0, 0.1) is 11.3 Å². The summed E-state index contributed by atoms with van der Waals surface area (Å²) in [6, 6.07) is 15.5. The highest BCUT2D eigenvalue weighted by molar-refractivity contribution is 6.06. The summed E-state index contributed by atoms with van der Waals surface area (Å²) in [5, 5.41) is 11.4. The van der Waals surface area contributed by atoms with Gasteiger partial charge in [-0.25, -0.2) is 0 Å². The summed E-state index contributed by atoms with van der Waals surface area (Å²) in [5.41, 5.74) is 2.10. The van der Waals surface area contributed by atoms with Crippen molar-refractivity contribution in [2.45, 2.75) is 56.8 Å². The maximum atomic E-state index is 14.0. The second-order valence-corrected chi connectivity index (χ2v) is 9.69. The van der Waals surface area contributed by atoms with Crippen molar-refractivity contribution in [1.29, 1.82) is 0 Å². The van der Waals surface area contributed by atoms with Gasteiger partial charge >= 0.3 is 0 Å². The lowest BCUT2D eigenvalue weighted by Crippen LogP contribution is -2.55. The predicted octanol–water partition coefficient (Wildman–Crippen LogP) is 5.48. The Bertz CT molecular complexity index is 1040. The third-order valence-electron chi connectivity index (χ3n) is 7.87. The number of carbonyl (C=O) groups excluding carboxylic acids is 1. The Hall–Kier alpha value is -2.63. The minimum absolute atomic E-state index is 0.00923. The molecule has 1 N–H and O–H groups in total. The number of allylic oxidation sites excluding steroid dienone is 1. The molecule has 3 aliphatic rings. The zero-order chi connectivity index (χ0) is 23.1. The maximum Gasteiger partial charge on any atom is 0.169 e. The Kier molecular flexibility index (Phi) is 5.79. The van der Waals surface area contributed by atoms with E-state index in [1.807, 2.05) is 54.6 Å². The molecule has 0 radical (unpaired) electrons. The van der Waals surface area contributed by atoms with Crippen molar-refractivity contribution in [2.75, 3.05) is 14.2 Å². The molecule has 4 unspecified atom stereocenters. The number of hydrogen-bond acceptors (Lipinski definition) is 5. The first-order chi connectivity index (χ1) is 16.0. The van der Waals surface area contributed by atoms with E-state index in [0.29, 0.717) is 19.3 Å². The van der Waals surface area contributed by atoms with E-state index in [4.69, 9.17) is 14.2 Å². The van der Waals surface area contributed by atoms with Crippen molar-refractivity contribution in [2.24, 2.45) is 11.3 Å². The van der Waals surface area contributed by atoms with Crippen LogP contribution < -0.4 is 9.47 Å². The summed E-state index contributed by atoms with van der Waals surface area (Å²) in [7, 11) is 3.28. The highest BCUT2D eigenvalue weighted by Gasteiger charge is 2.61. The number of hydrogen-bond donors (Lipinski definition) is 1. The number of methoxy groups -OCH3 is 2. The van der Waals surface area contributed by atoms with Crippen molar-refractivity contribution in [3.8, 4) is 11.5 Å². The Morgan fingerprint density at radius 2 is 1.64 bits per heavy atom. The molecule has 33 heavy (non-hydrogen) atoms. The SMILES string of the molecule is COc1ccc(C=C2CCC3(CC4CCCCC4(O)OC3c3ccc(OC)cc3)C2=O)cc1. The van der Waals surface area contributed by atoms with Crippen LogP contribution in [0.15, 0.2) is 54.1 Å². The summed E-state index contributed by atoms with van der Waals surface area (Å²) in [6.45, 7) is 0. The molecule has 5 rings (SSSR count). The summed E-state index contributed by atoms with van der Waals surface area (Å²) in [4.78, 5) is 14.0. The van der Waals surface area contributed by atoms with Crippen LogP contribution in [-0.4, -0.2) is 30.9 Å². The lowest BCUT2D eigenvalue weighted by Gasteiger charge is -2.53. The van der Waals surface area contributed by atoms with Crippen LogP contribution in [0.2, 0.25) is 0 Å². The van der Waals surface area contributed by atoms with E-state index < -0.39 is 17.3 Å². The molecule has 3 fully saturated rings. The second kappa shape index (κ2) is 8.62. The summed E-state index contributed by atoms with van der Waals surface area (Å²) in [5.74, 6) is 0.548. The fourth-order valence-corrected chi connectivity index (χ4v) is 6.03. The van der Waals surface area contributed by atoms with Gasteiger partial charge in [0.15, 0.2) is 11.6 Å². The van der Waals surface area contributed by atoms with E-state index in [1.165, 1.54) is 0 Å². The van der Waals surface area contributed by atoms with E-state index in [9.17, 15) is 9.90 Å². The van der Waals surface area contributed by atoms with Gasteiger partial charge in [0, 0.05) is 12.3 Å². The van der Waals surface area contributed by atoms with Crippen molar-refractivity contribution in [3.05, 3.63) is 65.2 Å². The van der Waals surface area contributed by atoms with Crippen molar-refractivity contribution >= 4 is 11.9 Å². The van der Waals surface area contributed by atoms with Gasteiger partial charge in [0.25, 0.3) is 0 Å². The van der Waals surface area contributed by atoms with Gasteiger partial charge in [-0.05, 0) is 79.1 Å². The summed E-state index contributed by atoms with van der Waals surface area (Å²) < 4.78 is 17.1. The van der Waals surface area contributed by atoms with Gasteiger partial charge in [-0.3, -0.25) is 4.79 Å². The number of rotatable bonds is 4. The molecule has 2 saturated carbocycles. The number of Topliss-reactive ketones (excluding diaryl/α,β-unsaturated/α-hetero) is 1. The zero-order valence-corrected chi connectivity index (χ0v) is 19.4. The summed E-state index contributed by atoms with van der Waals surface area (Å²) in [6.07, 6.45) is 7.19. The van der Waals surface area contributed by atoms with E-state index in [-0.39, 0.29) is 11.7 Å². The van der Waals surface area contributed by atoms with Gasteiger partial charge in [-0.2, -0.15) is 0 Å². The Balaban J connectivity index is 1.52. The van der Waals surface area contributed by atoms with Gasteiger partial charge in [0.2, 0.25) is 0 Å². The largest absolute Gasteiger partial charge is 0.497 e. The summed E-state index contributed by atoms with van der Waals surface area (Å²) >= 11 is 0. The second-order valence-electron chi connectivity index (χ2n) is 9.69. The lowest BCUT2D eigenvalue weighted by atomic mass is 9.63. The molecule has 5 nitrogen and oxygen atoms in total. The van der Waals surface area contributed by atoms with Crippen molar-refractivity contribution in [3.63, 3.8) is 0 Å². The van der Waals surface area contributed by atoms with Gasteiger partial charge in [-0.1, -0.05) is 30.7 Å². The fraction of sp³-hybridized carbons (Fsp3) is 0.464. The number of fused-ring (bicyclic) bond motifs is 1. The molecule has 4 atom stereocenters. The van der Waals surface area contributed by atoms with E-state index in [0.717, 1.165) is 53.9 Å². The Morgan fingerprint density at radius 1 is 0.970 bits per heavy atom. The predicted molar refractivity (Wildman–Crippen MR) is 126 cm³/mol. The number of aliphatic hydroxyl groups is 1. The number of ether oxygens (including phenoxy) is 3. The molecule has 2 aromatic rings. The molecule has 1 aliphatic heterocycles. The standard InChI is InChI=1S/C28H32O5/c1-31-23-10-6-19(7-11-23)17-21-14-16-27(25(21)29)18-22-5-3-4-15-28(22,30)33-26(27)20-8-12-24(32-2)13-9-20/h6-13,17,22,26,30H,3-5,14-16,18H2,1-2H3. The van der Waals surface area contributed by atoms with Gasteiger partial charge in [0.1, 0.15) is 11.5 Å². The normalized spacial score (nSPS) is 32.7. The average molecular weight is 449 g/mol. The molecular formula is C28H32O5. The van der Waals surface area contributed by atoms with Crippen LogP contribution in [0.5, 0.6) is 11.5 Å². The minimum atomic E-state index is -1.16. The van der Waals surface area contributed by atoms with Crippen LogP contribution in [-0.2, 0) is 9.53 Å². The third kappa shape index (κ3) is 3.87. The zero-order valence-electron chi connectivity index (χ0n) is 19.4. The first kappa shape index (κ1) is 22.2. The maximum absolute atomic E-state index is 14.0. The molecule has 1 heterocycles. The highest BCUT2D eigenvalue weighted by atomic mass is 16.6.